The molecule has 0 aliphatic rings. The lowest BCUT2D eigenvalue weighted by molar-refractivity contribution is -0.137. The number of aromatic nitrogens is 2. The van der Waals surface area contributed by atoms with Crippen LogP contribution in [-0.4, -0.2) is 27.6 Å². The summed E-state index contributed by atoms with van der Waals surface area (Å²) in [4.78, 5) is 21.5. The first kappa shape index (κ1) is 15.4. The summed E-state index contributed by atoms with van der Waals surface area (Å²) >= 11 is 1.65. The molecule has 3 rings (SSSR count). The lowest BCUT2D eigenvalue weighted by atomic mass is 10.0. The molecule has 118 valence electrons. The third-order valence-electron chi connectivity index (χ3n) is 3.59. The Balaban J connectivity index is 1.97. The van der Waals surface area contributed by atoms with Gasteiger partial charge in [-0.1, -0.05) is 30.3 Å². The molecule has 1 aromatic carbocycles. The summed E-state index contributed by atoms with van der Waals surface area (Å²) in [6, 6.07) is 10.2. The largest absolute Gasteiger partial charge is 0.481 e. The summed E-state index contributed by atoms with van der Waals surface area (Å²) in [5.41, 5.74) is 2.28. The van der Waals surface area contributed by atoms with Crippen LogP contribution in [0.2, 0.25) is 0 Å². The van der Waals surface area contributed by atoms with Gasteiger partial charge in [0.15, 0.2) is 0 Å². The molecule has 0 radical (unpaired) electrons. The van der Waals surface area contributed by atoms with Crippen LogP contribution < -0.4 is 5.32 Å². The molecule has 0 aliphatic heterocycles. The number of thiophene rings is 1. The molecule has 5 nitrogen and oxygen atoms in total. The molecule has 0 saturated heterocycles. The highest BCUT2D eigenvalue weighted by atomic mass is 32.1. The van der Waals surface area contributed by atoms with Gasteiger partial charge in [0.05, 0.1) is 5.39 Å². The minimum absolute atomic E-state index is 0.148. The van der Waals surface area contributed by atoms with Gasteiger partial charge in [0.1, 0.15) is 17.0 Å². The summed E-state index contributed by atoms with van der Waals surface area (Å²) in [7, 11) is 0. The summed E-state index contributed by atoms with van der Waals surface area (Å²) in [6.45, 7) is 2.66. The first-order valence-electron chi connectivity index (χ1n) is 7.42. The van der Waals surface area contributed by atoms with Crippen LogP contribution >= 0.6 is 11.3 Å². The summed E-state index contributed by atoms with van der Waals surface area (Å²) in [6.07, 6.45) is 2.26. The van der Waals surface area contributed by atoms with Gasteiger partial charge in [-0.2, -0.15) is 0 Å². The number of fused-ring (bicyclic) bond motifs is 1. The van der Waals surface area contributed by atoms with E-state index in [4.69, 9.17) is 5.11 Å². The van der Waals surface area contributed by atoms with Gasteiger partial charge in [0.2, 0.25) is 0 Å². The maximum Gasteiger partial charge on any atom is 0.303 e. The number of aliphatic carboxylic acids is 1. The Labute approximate surface area is 138 Å². The highest BCUT2D eigenvalue weighted by molar-refractivity contribution is 7.19. The molecule has 2 aromatic heterocycles. The number of nitrogens with zero attached hydrogens (tertiary/aromatic N) is 2. The van der Waals surface area contributed by atoms with E-state index in [9.17, 15) is 4.79 Å². The number of carboxylic acid groups (broad SMARTS) is 1. The number of anilines is 1. The third kappa shape index (κ3) is 3.32. The van der Waals surface area contributed by atoms with Crippen molar-refractivity contribution in [3.63, 3.8) is 0 Å². The van der Waals surface area contributed by atoms with Crippen molar-refractivity contribution in [2.24, 2.45) is 0 Å². The van der Waals surface area contributed by atoms with E-state index in [0.29, 0.717) is 13.0 Å². The highest BCUT2D eigenvalue weighted by Crippen LogP contribution is 2.40. The van der Waals surface area contributed by atoms with Gasteiger partial charge in [-0.3, -0.25) is 4.79 Å². The van der Waals surface area contributed by atoms with E-state index in [1.165, 1.54) is 4.88 Å². The Morgan fingerprint density at radius 2 is 2.04 bits per heavy atom. The fraction of sp³-hybridized carbons (Fsp3) is 0.235. The van der Waals surface area contributed by atoms with E-state index in [0.717, 1.165) is 27.2 Å². The molecule has 0 bridgehead atoms. The summed E-state index contributed by atoms with van der Waals surface area (Å²) < 4.78 is 0. The number of benzene rings is 1. The van der Waals surface area contributed by atoms with Crippen LogP contribution in [0.4, 0.5) is 5.82 Å². The van der Waals surface area contributed by atoms with Crippen LogP contribution in [0.25, 0.3) is 21.3 Å². The van der Waals surface area contributed by atoms with Crippen LogP contribution in [0.3, 0.4) is 0 Å². The Kier molecular flexibility index (Phi) is 4.52. The molecule has 6 heteroatoms. The second kappa shape index (κ2) is 6.75. The number of aryl methyl sites for hydroxylation is 1. The molecule has 2 N–H and O–H groups in total. The quantitative estimate of drug-likeness (QED) is 0.671. The molecular formula is C17H17N3O2S. The highest BCUT2D eigenvalue weighted by Gasteiger charge is 2.16. The number of carbonyl (C=O) groups is 1. The zero-order chi connectivity index (χ0) is 16.2. The Hall–Kier alpha value is -2.47. The minimum Gasteiger partial charge on any atom is -0.481 e. The average Bonchev–Trinajstić information content (AvgIpc) is 2.89. The molecule has 0 fully saturated rings. The van der Waals surface area contributed by atoms with Gasteiger partial charge in [0.25, 0.3) is 0 Å². The lowest BCUT2D eigenvalue weighted by Gasteiger charge is -2.08. The van der Waals surface area contributed by atoms with E-state index >= 15 is 0 Å². The predicted octanol–water partition coefficient (Wildman–Crippen LogP) is 3.94. The topological polar surface area (TPSA) is 75.1 Å². The van der Waals surface area contributed by atoms with Crippen LogP contribution in [0.15, 0.2) is 36.7 Å². The normalized spacial score (nSPS) is 10.8. The van der Waals surface area contributed by atoms with E-state index in [-0.39, 0.29) is 6.42 Å². The van der Waals surface area contributed by atoms with Crippen LogP contribution in [-0.2, 0) is 4.79 Å². The van der Waals surface area contributed by atoms with Crippen LogP contribution in [0.1, 0.15) is 17.7 Å². The SMILES string of the molecule is Cc1sc2ncnc(NCCCC(=O)O)c2c1-c1ccccc1. The minimum atomic E-state index is -0.781. The molecular weight excluding hydrogens is 310 g/mol. The van der Waals surface area contributed by atoms with Crippen molar-refractivity contribution in [1.82, 2.24) is 9.97 Å². The number of carboxylic acids is 1. The lowest BCUT2D eigenvalue weighted by Crippen LogP contribution is -2.06. The monoisotopic (exact) mass is 327 g/mol. The first-order valence-corrected chi connectivity index (χ1v) is 8.23. The maximum absolute atomic E-state index is 10.6. The standard InChI is InChI=1S/C17H17N3O2S/c1-11-14(12-6-3-2-4-7-12)15-16(18-9-5-8-13(21)22)19-10-20-17(15)23-11/h2-4,6-7,10H,5,8-9H2,1H3,(H,21,22)(H,18,19,20). The third-order valence-corrected chi connectivity index (χ3v) is 4.60. The molecule has 0 atom stereocenters. The zero-order valence-corrected chi connectivity index (χ0v) is 13.6. The fourth-order valence-corrected chi connectivity index (χ4v) is 3.59. The predicted molar refractivity (Wildman–Crippen MR) is 92.9 cm³/mol. The number of hydrogen-bond donors (Lipinski definition) is 2. The second-order valence-electron chi connectivity index (χ2n) is 5.23. The molecule has 0 amide bonds. The molecule has 23 heavy (non-hydrogen) atoms. The van der Waals surface area contributed by atoms with Gasteiger partial charge in [-0.05, 0) is 18.9 Å². The molecule has 3 aromatic rings. The number of hydrogen-bond acceptors (Lipinski definition) is 5. The van der Waals surface area contributed by atoms with Crippen LogP contribution in [0.5, 0.6) is 0 Å². The molecule has 0 saturated carbocycles. The average molecular weight is 327 g/mol. The molecule has 0 unspecified atom stereocenters. The Bertz CT molecular complexity index is 830. The van der Waals surface area contributed by atoms with Gasteiger partial charge < -0.3 is 10.4 Å². The molecule has 2 heterocycles. The second-order valence-corrected chi connectivity index (χ2v) is 6.43. The van der Waals surface area contributed by atoms with Gasteiger partial charge >= 0.3 is 5.97 Å². The Morgan fingerprint density at radius 1 is 1.26 bits per heavy atom. The molecule has 0 spiro atoms. The number of rotatable bonds is 6. The van der Waals surface area contributed by atoms with Gasteiger partial charge in [-0.15, -0.1) is 11.3 Å². The zero-order valence-electron chi connectivity index (χ0n) is 12.7. The van der Waals surface area contributed by atoms with Crippen molar-refractivity contribution < 1.29 is 9.90 Å². The van der Waals surface area contributed by atoms with Crippen molar-refractivity contribution in [3.05, 3.63) is 41.5 Å². The van der Waals surface area contributed by atoms with Gasteiger partial charge in [-0.25, -0.2) is 9.97 Å². The van der Waals surface area contributed by atoms with E-state index in [1.54, 1.807) is 17.7 Å². The van der Waals surface area contributed by atoms with E-state index in [1.807, 2.05) is 18.2 Å². The van der Waals surface area contributed by atoms with Crippen molar-refractivity contribution in [2.45, 2.75) is 19.8 Å². The van der Waals surface area contributed by atoms with Crippen molar-refractivity contribution in [2.75, 3.05) is 11.9 Å². The Morgan fingerprint density at radius 3 is 2.78 bits per heavy atom. The van der Waals surface area contributed by atoms with Crippen LogP contribution in [0, 0.1) is 6.92 Å². The van der Waals surface area contributed by atoms with Crippen molar-refractivity contribution in [3.8, 4) is 11.1 Å². The maximum atomic E-state index is 10.6. The van der Waals surface area contributed by atoms with E-state index in [2.05, 4.69) is 34.3 Å². The molecule has 0 aliphatic carbocycles. The number of nitrogens with one attached hydrogen (secondary N) is 1. The first-order chi connectivity index (χ1) is 11.2. The van der Waals surface area contributed by atoms with Gasteiger partial charge in [0, 0.05) is 23.4 Å². The summed E-state index contributed by atoms with van der Waals surface area (Å²) in [5.74, 6) is -0.0143. The fourth-order valence-electron chi connectivity index (χ4n) is 2.58. The van der Waals surface area contributed by atoms with E-state index < -0.39 is 5.97 Å². The smallest absolute Gasteiger partial charge is 0.303 e. The summed E-state index contributed by atoms with van der Waals surface area (Å²) in [5, 5.41) is 13.0. The van der Waals surface area contributed by atoms with Crippen molar-refractivity contribution in [1.29, 1.82) is 0 Å². The van der Waals surface area contributed by atoms with Crippen molar-refractivity contribution >= 4 is 33.3 Å².